The Kier molecular flexibility index (Phi) is 3.64. The van der Waals surface area contributed by atoms with Gasteiger partial charge in [-0.2, -0.15) is 5.10 Å². The zero-order valence-electron chi connectivity index (χ0n) is 9.89. The summed E-state index contributed by atoms with van der Waals surface area (Å²) in [5.74, 6) is 0.423. The lowest BCUT2D eigenvalue weighted by Crippen LogP contribution is -1.99. The average molecular weight is 295 g/mol. The molecule has 0 radical (unpaired) electrons. The van der Waals surface area contributed by atoms with Gasteiger partial charge in [0.25, 0.3) is 0 Å². The summed E-state index contributed by atoms with van der Waals surface area (Å²) in [6.07, 6.45) is 1.95. The molecule has 0 saturated heterocycles. The van der Waals surface area contributed by atoms with E-state index in [1.54, 1.807) is 0 Å². The van der Waals surface area contributed by atoms with Crippen molar-refractivity contribution in [1.82, 2.24) is 9.78 Å². The molecule has 1 aromatic heterocycles. The molecule has 0 amide bonds. The summed E-state index contributed by atoms with van der Waals surface area (Å²) in [4.78, 5) is 0. The fourth-order valence-electron chi connectivity index (χ4n) is 1.61. The Labute approximate surface area is 109 Å². The van der Waals surface area contributed by atoms with Crippen LogP contribution in [-0.2, 0) is 6.61 Å². The first-order valence-electron chi connectivity index (χ1n) is 5.57. The minimum absolute atomic E-state index is 0.0508. The van der Waals surface area contributed by atoms with Crippen molar-refractivity contribution in [2.75, 3.05) is 0 Å². The Morgan fingerprint density at radius 1 is 1.35 bits per heavy atom. The highest BCUT2D eigenvalue weighted by molar-refractivity contribution is 9.10. The maximum Gasteiger partial charge on any atom is 0.0787 e. The Balaban J connectivity index is 2.38. The molecule has 0 spiro atoms. The van der Waals surface area contributed by atoms with Crippen LogP contribution in [0.15, 0.2) is 34.9 Å². The molecule has 3 nitrogen and oxygen atoms in total. The minimum Gasteiger partial charge on any atom is -0.392 e. The van der Waals surface area contributed by atoms with Crippen LogP contribution >= 0.6 is 15.9 Å². The molecule has 0 bridgehead atoms. The summed E-state index contributed by atoms with van der Waals surface area (Å²) in [5, 5.41) is 13.6. The molecule has 17 heavy (non-hydrogen) atoms. The molecular weight excluding hydrogens is 280 g/mol. The summed E-state index contributed by atoms with van der Waals surface area (Å²) in [7, 11) is 0. The number of aromatic nitrogens is 2. The zero-order chi connectivity index (χ0) is 12.4. The molecule has 2 aromatic rings. The molecule has 0 atom stereocenters. The van der Waals surface area contributed by atoms with Gasteiger partial charge in [-0.25, -0.2) is 4.68 Å². The molecule has 0 fully saturated rings. The van der Waals surface area contributed by atoms with Crippen molar-refractivity contribution in [3.05, 3.63) is 46.2 Å². The number of aliphatic hydroxyl groups excluding tert-OH is 1. The number of nitrogens with zero attached hydrogens (tertiary/aromatic N) is 2. The Morgan fingerprint density at radius 2 is 2.12 bits per heavy atom. The largest absolute Gasteiger partial charge is 0.392 e. The quantitative estimate of drug-likeness (QED) is 0.944. The fourth-order valence-corrected chi connectivity index (χ4v) is 2.22. The molecule has 1 aromatic carbocycles. The standard InChI is InChI=1S/C13H15BrN2O/c1-9(2)12-5-6-16(15-12)13-4-3-10(8-17)7-11(13)14/h3-7,9,17H,8H2,1-2H3. The molecule has 2 rings (SSSR count). The van der Waals surface area contributed by atoms with Gasteiger partial charge in [-0.05, 0) is 45.6 Å². The maximum absolute atomic E-state index is 9.06. The molecule has 1 N–H and O–H groups in total. The van der Waals surface area contributed by atoms with Gasteiger partial charge in [0.15, 0.2) is 0 Å². The van der Waals surface area contributed by atoms with Crippen LogP contribution in [0, 0.1) is 0 Å². The van der Waals surface area contributed by atoms with Gasteiger partial charge in [0.2, 0.25) is 0 Å². The predicted molar refractivity (Wildman–Crippen MR) is 71.3 cm³/mol. The molecule has 0 aliphatic rings. The van der Waals surface area contributed by atoms with Crippen LogP contribution in [-0.4, -0.2) is 14.9 Å². The van der Waals surface area contributed by atoms with E-state index in [-0.39, 0.29) is 6.61 Å². The first-order chi connectivity index (χ1) is 8.11. The Morgan fingerprint density at radius 3 is 2.65 bits per heavy atom. The highest BCUT2D eigenvalue weighted by atomic mass is 79.9. The second-order valence-electron chi connectivity index (χ2n) is 4.28. The van der Waals surface area contributed by atoms with E-state index in [2.05, 4.69) is 34.9 Å². The van der Waals surface area contributed by atoms with E-state index in [0.29, 0.717) is 5.92 Å². The highest BCUT2D eigenvalue weighted by Crippen LogP contribution is 2.23. The molecule has 0 saturated carbocycles. The van der Waals surface area contributed by atoms with E-state index in [9.17, 15) is 0 Å². The first-order valence-corrected chi connectivity index (χ1v) is 6.36. The van der Waals surface area contributed by atoms with Crippen LogP contribution in [0.1, 0.15) is 31.0 Å². The van der Waals surface area contributed by atoms with Crippen molar-refractivity contribution in [3.63, 3.8) is 0 Å². The number of rotatable bonds is 3. The van der Waals surface area contributed by atoms with Crippen LogP contribution in [0.5, 0.6) is 0 Å². The second-order valence-corrected chi connectivity index (χ2v) is 5.14. The molecular formula is C13H15BrN2O. The fraction of sp³-hybridized carbons (Fsp3) is 0.308. The number of hydrogen-bond donors (Lipinski definition) is 1. The third-order valence-corrected chi connectivity index (χ3v) is 3.28. The Hall–Kier alpha value is -1.13. The van der Waals surface area contributed by atoms with E-state index >= 15 is 0 Å². The van der Waals surface area contributed by atoms with Gasteiger partial charge >= 0.3 is 0 Å². The lowest BCUT2D eigenvalue weighted by atomic mass is 10.1. The van der Waals surface area contributed by atoms with Crippen LogP contribution in [0.4, 0.5) is 0 Å². The first kappa shape index (κ1) is 12.3. The number of hydrogen-bond acceptors (Lipinski definition) is 2. The topological polar surface area (TPSA) is 38.0 Å². The molecule has 4 heteroatoms. The number of halogens is 1. The Bertz CT molecular complexity index is 520. The van der Waals surface area contributed by atoms with Crippen molar-refractivity contribution < 1.29 is 5.11 Å². The molecule has 0 aliphatic carbocycles. The number of benzene rings is 1. The van der Waals surface area contributed by atoms with Gasteiger partial charge < -0.3 is 5.11 Å². The van der Waals surface area contributed by atoms with Crippen LogP contribution in [0.2, 0.25) is 0 Å². The lowest BCUT2D eigenvalue weighted by molar-refractivity contribution is 0.282. The predicted octanol–water partition coefficient (Wildman–Crippen LogP) is 3.25. The van der Waals surface area contributed by atoms with Crippen LogP contribution in [0.25, 0.3) is 5.69 Å². The third-order valence-electron chi connectivity index (χ3n) is 2.64. The highest BCUT2D eigenvalue weighted by Gasteiger charge is 2.07. The third kappa shape index (κ3) is 2.58. The van der Waals surface area contributed by atoms with E-state index in [1.165, 1.54) is 0 Å². The molecule has 0 unspecified atom stereocenters. The summed E-state index contributed by atoms with van der Waals surface area (Å²) in [5.41, 5.74) is 2.94. The van der Waals surface area contributed by atoms with Crippen LogP contribution < -0.4 is 0 Å². The van der Waals surface area contributed by atoms with Gasteiger partial charge in [0.05, 0.1) is 18.0 Å². The summed E-state index contributed by atoms with van der Waals surface area (Å²) in [6.45, 7) is 4.29. The maximum atomic E-state index is 9.06. The van der Waals surface area contributed by atoms with E-state index in [0.717, 1.165) is 21.4 Å². The zero-order valence-corrected chi connectivity index (χ0v) is 11.5. The SMILES string of the molecule is CC(C)c1ccn(-c2ccc(CO)cc2Br)n1. The number of aliphatic hydroxyl groups is 1. The smallest absolute Gasteiger partial charge is 0.0787 e. The molecule has 90 valence electrons. The normalized spacial score (nSPS) is 11.1. The second kappa shape index (κ2) is 5.02. The summed E-state index contributed by atoms with van der Waals surface area (Å²) < 4.78 is 2.78. The molecule has 1 heterocycles. The van der Waals surface area contributed by atoms with E-state index in [1.807, 2.05) is 35.1 Å². The van der Waals surface area contributed by atoms with Crippen molar-refractivity contribution in [2.45, 2.75) is 26.4 Å². The van der Waals surface area contributed by atoms with Gasteiger partial charge in [0, 0.05) is 10.7 Å². The van der Waals surface area contributed by atoms with E-state index < -0.39 is 0 Å². The van der Waals surface area contributed by atoms with E-state index in [4.69, 9.17) is 5.11 Å². The van der Waals surface area contributed by atoms with Crippen molar-refractivity contribution >= 4 is 15.9 Å². The minimum atomic E-state index is 0.0508. The van der Waals surface area contributed by atoms with Gasteiger partial charge in [-0.15, -0.1) is 0 Å². The summed E-state index contributed by atoms with van der Waals surface area (Å²) in [6, 6.07) is 7.78. The lowest BCUT2D eigenvalue weighted by Gasteiger charge is -2.06. The monoisotopic (exact) mass is 294 g/mol. The van der Waals surface area contributed by atoms with Crippen molar-refractivity contribution in [1.29, 1.82) is 0 Å². The van der Waals surface area contributed by atoms with Gasteiger partial charge in [0.1, 0.15) is 0 Å². The average Bonchev–Trinajstić information content (AvgIpc) is 2.78. The van der Waals surface area contributed by atoms with Crippen molar-refractivity contribution in [2.24, 2.45) is 0 Å². The van der Waals surface area contributed by atoms with Gasteiger partial charge in [-0.1, -0.05) is 19.9 Å². The van der Waals surface area contributed by atoms with Crippen molar-refractivity contribution in [3.8, 4) is 5.69 Å². The summed E-state index contributed by atoms with van der Waals surface area (Å²) >= 11 is 3.50. The van der Waals surface area contributed by atoms with Gasteiger partial charge in [-0.3, -0.25) is 0 Å². The molecule has 0 aliphatic heterocycles. The van der Waals surface area contributed by atoms with Crippen LogP contribution in [0.3, 0.4) is 0 Å².